The zero-order valence-electron chi connectivity index (χ0n) is 15.7. The topological polar surface area (TPSA) is 68.3 Å². The Bertz CT molecular complexity index is 1070. The fourth-order valence-corrected chi connectivity index (χ4v) is 3.56. The first-order chi connectivity index (χ1) is 14.1. The molecule has 0 atom stereocenters. The Hall–Kier alpha value is -3.18. The van der Waals surface area contributed by atoms with E-state index in [9.17, 15) is 9.59 Å². The molecule has 4 rings (SSSR count). The molecule has 0 bridgehead atoms. The smallest absolute Gasteiger partial charge is 0.262 e. The molecule has 0 saturated heterocycles. The molecule has 1 amide bonds. The number of halogens is 1. The van der Waals surface area contributed by atoms with Crippen molar-refractivity contribution in [2.45, 2.75) is 19.3 Å². The standard InChI is InChI=1S/C23H19ClN2O3/c24-19-12-20-22(29-14-23(28)26-20)11-17(19)7-6-15-3-1-5-18(9-15)21(27)10-16-4-2-8-25-13-16/h1-5,8-9,11-13H,6-7,10,14H2,(H,26,28). The highest BCUT2D eigenvalue weighted by Gasteiger charge is 2.18. The number of pyridine rings is 1. The van der Waals surface area contributed by atoms with E-state index in [1.165, 1.54) is 0 Å². The third-order valence-electron chi connectivity index (χ3n) is 4.80. The summed E-state index contributed by atoms with van der Waals surface area (Å²) in [5.74, 6) is 0.509. The van der Waals surface area contributed by atoms with Gasteiger partial charge in [-0.25, -0.2) is 0 Å². The highest BCUT2D eigenvalue weighted by atomic mass is 35.5. The van der Waals surface area contributed by atoms with Crippen LogP contribution < -0.4 is 10.1 Å². The molecular formula is C23H19ClN2O3. The zero-order chi connectivity index (χ0) is 20.2. The second-order valence-corrected chi connectivity index (χ2v) is 7.35. The molecule has 0 saturated carbocycles. The van der Waals surface area contributed by atoms with Crippen molar-refractivity contribution in [2.75, 3.05) is 11.9 Å². The molecule has 0 unspecified atom stereocenters. The summed E-state index contributed by atoms with van der Waals surface area (Å²) >= 11 is 6.38. The Balaban J connectivity index is 1.45. The molecule has 1 N–H and O–H groups in total. The summed E-state index contributed by atoms with van der Waals surface area (Å²) in [4.78, 5) is 28.1. The molecule has 5 nitrogen and oxygen atoms in total. The monoisotopic (exact) mass is 406 g/mol. The quantitative estimate of drug-likeness (QED) is 0.620. The Morgan fingerprint density at radius 2 is 1.97 bits per heavy atom. The molecule has 29 heavy (non-hydrogen) atoms. The van der Waals surface area contributed by atoms with Gasteiger partial charge in [-0.05, 0) is 53.8 Å². The average molecular weight is 407 g/mol. The van der Waals surface area contributed by atoms with E-state index in [0.717, 1.165) is 23.1 Å². The number of anilines is 1. The van der Waals surface area contributed by atoms with Gasteiger partial charge in [-0.15, -0.1) is 0 Å². The molecule has 0 aliphatic carbocycles. The Kier molecular flexibility index (Phi) is 5.58. The predicted molar refractivity (Wildman–Crippen MR) is 112 cm³/mol. The highest BCUT2D eigenvalue weighted by Crippen LogP contribution is 2.34. The Morgan fingerprint density at radius 3 is 2.79 bits per heavy atom. The van der Waals surface area contributed by atoms with E-state index in [1.54, 1.807) is 18.5 Å². The molecule has 1 aliphatic heterocycles. The predicted octanol–water partition coefficient (Wildman–Crippen LogP) is 4.28. The van der Waals surface area contributed by atoms with Crippen LogP contribution in [0.5, 0.6) is 5.75 Å². The van der Waals surface area contributed by atoms with Gasteiger partial charge in [0.15, 0.2) is 12.4 Å². The number of nitrogens with one attached hydrogen (secondary N) is 1. The lowest BCUT2D eigenvalue weighted by atomic mass is 9.98. The molecule has 0 spiro atoms. The third-order valence-corrected chi connectivity index (χ3v) is 5.15. The number of hydrogen-bond donors (Lipinski definition) is 1. The number of aryl methyl sites for hydroxylation is 2. The van der Waals surface area contributed by atoms with E-state index in [4.69, 9.17) is 16.3 Å². The number of Topliss-reactive ketones (excluding diaryl/α,β-unsaturated/α-hetero) is 1. The maximum absolute atomic E-state index is 12.6. The van der Waals surface area contributed by atoms with E-state index in [2.05, 4.69) is 10.3 Å². The van der Waals surface area contributed by atoms with Gasteiger partial charge in [0.2, 0.25) is 0 Å². The Labute approximate surface area is 173 Å². The van der Waals surface area contributed by atoms with Gasteiger partial charge >= 0.3 is 0 Å². The molecule has 1 aliphatic rings. The van der Waals surface area contributed by atoms with Crippen LogP contribution in [-0.2, 0) is 24.1 Å². The number of fused-ring (bicyclic) bond motifs is 1. The first-order valence-electron chi connectivity index (χ1n) is 9.34. The summed E-state index contributed by atoms with van der Waals surface area (Å²) in [5, 5.41) is 3.33. The van der Waals surface area contributed by atoms with E-state index in [-0.39, 0.29) is 18.3 Å². The van der Waals surface area contributed by atoms with Gasteiger partial charge in [-0.1, -0.05) is 35.9 Å². The summed E-state index contributed by atoms with van der Waals surface area (Å²) in [6.07, 6.45) is 5.17. The summed E-state index contributed by atoms with van der Waals surface area (Å²) in [5.41, 5.74) is 4.18. The van der Waals surface area contributed by atoms with Crippen molar-refractivity contribution in [1.29, 1.82) is 0 Å². The first-order valence-corrected chi connectivity index (χ1v) is 9.72. The van der Waals surface area contributed by atoms with Gasteiger partial charge in [0.1, 0.15) is 5.75 Å². The second kappa shape index (κ2) is 8.45. The van der Waals surface area contributed by atoms with E-state index >= 15 is 0 Å². The molecular weight excluding hydrogens is 388 g/mol. The van der Waals surface area contributed by atoms with Crippen LogP contribution in [0.3, 0.4) is 0 Å². The van der Waals surface area contributed by atoms with Crippen LogP contribution in [0, 0.1) is 0 Å². The van der Waals surface area contributed by atoms with Gasteiger partial charge < -0.3 is 10.1 Å². The highest BCUT2D eigenvalue weighted by molar-refractivity contribution is 6.31. The largest absolute Gasteiger partial charge is 0.482 e. The second-order valence-electron chi connectivity index (χ2n) is 6.94. The van der Waals surface area contributed by atoms with Crippen molar-refractivity contribution in [3.63, 3.8) is 0 Å². The number of rotatable bonds is 6. The fraction of sp³-hybridized carbons (Fsp3) is 0.174. The SMILES string of the molecule is O=C1COc2cc(CCc3cccc(C(=O)Cc4cccnc4)c3)c(Cl)cc2N1. The summed E-state index contributed by atoms with van der Waals surface area (Å²) in [6, 6.07) is 15.0. The number of hydrogen-bond acceptors (Lipinski definition) is 4. The average Bonchev–Trinajstić information content (AvgIpc) is 2.73. The van der Waals surface area contributed by atoms with Crippen LogP contribution in [0.2, 0.25) is 5.02 Å². The lowest BCUT2D eigenvalue weighted by molar-refractivity contribution is -0.118. The number of nitrogens with zero attached hydrogens (tertiary/aromatic N) is 1. The maximum Gasteiger partial charge on any atom is 0.262 e. The van der Waals surface area contributed by atoms with Crippen molar-refractivity contribution in [3.8, 4) is 5.75 Å². The minimum atomic E-state index is -0.186. The molecule has 3 aromatic rings. The van der Waals surface area contributed by atoms with Gasteiger partial charge in [-0.3, -0.25) is 14.6 Å². The fourth-order valence-electron chi connectivity index (χ4n) is 3.30. The van der Waals surface area contributed by atoms with Crippen LogP contribution in [0.25, 0.3) is 0 Å². The summed E-state index contributed by atoms with van der Waals surface area (Å²) in [7, 11) is 0. The van der Waals surface area contributed by atoms with E-state index in [0.29, 0.717) is 34.9 Å². The molecule has 0 radical (unpaired) electrons. The minimum absolute atomic E-state index is 0.00909. The number of carbonyl (C=O) groups is 2. The Morgan fingerprint density at radius 1 is 1.10 bits per heavy atom. The number of benzene rings is 2. The number of amides is 1. The van der Waals surface area contributed by atoms with Crippen LogP contribution in [0.15, 0.2) is 60.9 Å². The number of ketones is 1. The van der Waals surface area contributed by atoms with Gasteiger partial charge in [-0.2, -0.15) is 0 Å². The molecule has 2 heterocycles. The lowest BCUT2D eigenvalue weighted by Crippen LogP contribution is -2.25. The number of aromatic nitrogens is 1. The molecule has 1 aromatic heterocycles. The molecule has 0 fully saturated rings. The van der Waals surface area contributed by atoms with Crippen LogP contribution >= 0.6 is 11.6 Å². The van der Waals surface area contributed by atoms with Gasteiger partial charge in [0, 0.05) is 29.4 Å². The van der Waals surface area contributed by atoms with Crippen LogP contribution in [-0.4, -0.2) is 23.3 Å². The summed E-state index contributed by atoms with van der Waals surface area (Å²) < 4.78 is 5.47. The zero-order valence-corrected chi connectivity index (χ0v) is 16.4. The van der Waals surface area contributed by atoms with Crippen LogP contribution in [0.1, 0.15) is 27.0 Å². The minimum Gasteiger partial charge on any atom is -0.482 e. The molecule has 6 heteroatoms. The lowest BCUT2D eigenvalue weighted by Gasteiger charge is -2.19. The van der Waals surface area contributed by atoms with Crippen molar-refractivity contribution < 1.29 is 14.3 Å². The van der Waals surface area contributed by atoms with E-state index < -0.39 is 0 Å². The maximum atomic E-state index is 12.6. The van der Waals surface area contributed by atoms with Gasteiger partial charge in [0.05, 0.1) is 5.69 Å². The third kappa shape index (κ3) is 4.63. The normalized spacial score (nSPS) is 12.7. The number of ether oxygens (including phenoxy) is 1. The van der Waals surface area contributed by atoms with Crippen molar-refractivity contribution in [2.24, 2.45) is 0 Å². The first kappa shape index (κ1) is 19.2. The molecule has 146 valence electrons. The number of carbonyl (C=O) groups excluding carboxylic acids is 2. The van der Waals surface area contributed by atoms with Crippen molar-refractivity contribution in [3.05, 3.63) is 88.2 Å². The molecule has 2 aromatic carbocycles. The summed E-state index contributed by atoms with van der Waals surface area (Å²) in [6.45, 7) is 0.00909. The van der Waals surface area contributed by atoms with Crippen molar-refractivity contribution in [1.82, 2.24) is 4.98 Å². The van der Waals surface area contributed by atoms with Gasteiger partial charge in [0.25, 0.3) is 5.91 Å². The van der Waals surface area contributed by atoms with Crippen molar-refractivity contribution >= 4 is 29.0 Å². The van der Waals surface area contributed by atoms with Crippen LogP contribution in [0.4, 0.5) is 5.69 Å². The van der Waals surface area contributed by atoms with E-state index in [1.807, 2.05) is 42.5 Å².